The van der Waals surface area contributed by atoms with E-state index in [2.05, 4.69) is 11.1 Å². The van der Waals surface area contributed by atoms with Crippen molar-refractivity contribution in [3.8, 4) is 6.07 Å². The summed E-state index contributed by atoms with van der Waals surface area (Å²) in [5, 5.41) is 10.6. The number of fused-ring (bicyclic) bond motifs is 2. The van der Waals surface area contributed by atoms with Crippen LogP contribution in [0.4, 0.5) is 0 Å². The van der Waals surface area contributed by atoms with Crippen molar-refractivity contribution in [3.05, 3.63) is 86.2 Å². The summed E-state index contributed by atoms with van der Waals surface area (Å²) < 4.78 is 3.18. The number of unbranched alkanes of at least 4 members (excludes halogenated alkanes) is 1. The maximum absolute atomic E-state index is 13.2. The molecular weight excluding hydrogens is 426 g/mol. The molecule has 8 heteroatoms. The number of rotatable bonds is 4. The first-order valence-electron chi connectivity index (χ1n) is 10.2. The van der Waals surface area contributed by atoms with Gasteiger partial charge in [-0.3, -0.25) is 14.0 Å². The summed E-state index contributed by atoms with van der Waals surface area (Å²) in [5.41, 5.74) is 2.18. The van der Waals surface area contributed by atoms with Gasteiger partial charge in [0.05, 0.1) is 10.9 Å². The predicted molar refractivity (Wildman–Crippen MR) is 123 cm³/mol. The summed E-state index contributed by atoms with van der Waals surface area (Å²) in [4.78, 5) is 35.1. The van der Waals surface area contributed by atoms with E-state index in [4.69, 9.17) is 16.6 Å². The Kier molecular flexibility index (Phi) is 5.89. The van der Waals surface area contributed by atoms with E-state index < -0.39 is 5.91 Å². The van der Waals surface area contributed by atoms with Gasteiger partial charge in [0.1, 0.15) is 17.4 Å². The molecule has 0 atom stereocenters. The molecule has 160 valence electrons. The average Bonchev–Trinajstić information content (AvgIpc) is 2.79. The fourth-order valence-electron chi connectivity index (χ4n) is 3.57. The molecule has 0 aliphatic rings. The molecule has 0 aliphatic carbocycles. The Hall–Kier alpha value is -3.76. The van der Waals surface area contributed by atoms with Crippen LogP contribution >= 0.6 is 11.6 Å². The molecule has 0 radical (unpaired) electrons. The molecule has 0 fully saturated rings. The maximum atomic E-state index is 13.2. The molecular formula is C24H20ClN5O2. The van der Waals surface area contributed by atoms with Crippen molar-refractivity contribution in [1.82, 2.24) is 14.0 Å². The highest BCUT2D eigenvalue weighted by Crippen LogP contribution is 2.14. The standard InChI is InChI=1S/C24H20ClN5O2/c1-3-4-11-29-21(28-23(31)16-7-9-18(25)10-8-16)17(14-26)13-19-22(29)27-20-15(2)6-5-12-30(20)24(19)32/h5-10,12-13H,3-4,11H2,1-2H3. The minimum absolute atomic E-state index is 0.141. The van der Waals surface area contributed by atoms with Gasteiger partial charge in [0.25, 0.3) is 11.5 Å². The van der Waals surface area contributed by atoms with E-state index in [0.29, 0.717) is 33.8 Å². The van der Waals surface area contributed by atoms with Gasteiger partial charge in [-0.15, -0.1) is 0 Å². The zero-order chi connectivity index (χ0) is 22.8. The van der Waals surface area contributed by atoms with E-state index in [9.17, 15) is 14.9 Å². The monoisotopic (exact) mass is 445 g/mol. The first-order valence-corrected chi connectivity index (χ1v) is 10.6. The molecule has 0 unspecified atom stereocenters. The van der Waals surface area contributed by atoms with Crippen molar-refractivity contribution in [2.75, 3.05) is 0 Å². The molecule has 32 heavy (non-hydrogen) atoms. The lowest BCUT2D eigenvalue weighted by atomic mass is 10.2. The normalized spacial score (nSPS) is 11.8. The molecule has 1 amide bonds. The minimum Gasteiger partial charge on any atom is -0.309 e. The van der Waals surface area contributed by atoms with E-state index in [-0.39, 0.29) is 16.6 Å². The number of aromatic nitrogens is 3. The average molecular weight is 446 g/mol. The van der Waals surface area contributed by atoms with E-state index >= 15 is 0 Å². The smallest absolute Gasteiger partial charge is 0.278 e. The van der Waals surface area contributed by atoms with Crippen LogP contribution in [0.2, 0.25) is 5.02 Å². The van der Waals surface area contributed by atoms with E-state index in [0.717, 1.165) is 18.4 Å². The van der Waals surface area contributed by atoms with Gasteiger partial charge in [-0.1, -0.05) is 31.0 Å². The van der Waals surface area contributed by atoms with Crippen LogP contribution in [0.25, 0.3) is 16.7 Å². The molecule has 3 aromatic heterocycles. The van der Waals surface area contributed by atoms with Crippen LogP contribution in [0.5, 0.6) is 0 Å². The number of benzene rings is 1. The molecule has 4 rings (SSSR count). The molecule has 0 bridgehead atoms. The van der Waals surface area contributed by atoms with Crippen LogP contribution in [-0.2, 0) is 6.54 Å². The van der Waals surface area contributed by atoms with Crippen molar-refractivity contribution in [2.45, 2.75) is 33.2 Å². The Morgan fingerprint density at radius 3 is 2.66 bits per heavy atom. The van der Waals surface area contributed by atoms with E-state index in [1.54, 1.807) is 41.1 Å². The summed E-state index contributed by atoms with van der Waals surface area (Å²) in [6, 6.07) is 13.6. The molecule has 3 heterocycles. The third-order valence-corrected chi connectivity index (χ3v) is 5.51. The van der Waals surface area contributed by atoms with Crippen molar-refractivity contribution in [3.63, 3.8) is 0 Å². The Morgan fingerprint density at radius 2 is 1.97 bits per heavy atom. The van der Waals surface area contributed by atoms with Crippen molar-refractivity contribution in [1.29, 1.82) is 5.26 Å². The summed E-state index contributed by atoms with van der Waals surface area (Å²) in [7, 11) is 0. The highest BCUT2D eigenvalue weighted by molar-refractivity contribution is 6.30. The minimum atomic E-state index is -0.503. The summed E-state index contributed by atoms with van der Waals surface area (Å²) in [5.74, 6) is -0.503. The van der Waals surface area contributed by atoms with Gasteiger partial charge in [-0.2, -0.15) is 10.3 Å². The lowest BCUT2D eigenvalue weighted by Gasteiger charge is -2.13. The first-order chi connectivity index (χ1) is 15.4. The molecule has 0 aliphatic heterocycles. The molecule has 0 N–H and O–H groups in total. The Morgan fingerprint density at radius 1 is 1.22 bits per heavy atom. The van der Waals surface area contributed by atoms with Crippen LogP contribution < -0.4 is 11.0 Å². The number of carbonyl (C=O) groups is 1. The number of nitriles is 1. The number of carbonyl (C=O) groups excluding carboxylic acids is 1. The number of nitrogens with zero attached hydrogens (tertiary/aromatic N) is 5. The van der Waals surface area contributed by atoms with Gasteiger partial charge in [0.15, 0.2) is 5.49 Å². The fourth-order valence-corrected chi connectivity index (χ4v) is 3.70. The second-order valence-electron chi connectivity index (χ2n) is 7.46. The van der Waals surface area contributed by atoms with Gasteiger partial charge < -0.3 is 4.57 Å². The summed E-state index contributed by atoms with van der Waals surface area (Å²) >= 11 is 5.92. The second-order valence-corrected chi connectivity index (χ2v) is 7.90. The van der Waals surface area contributed by atoms with Crippen LogP contribution in [-0.4, -0.2) is 19.9 Å². The van der Waals surface area contributed by atoms with Crippen molar-refractivity contribution in [2.24, 2.45) is 4.99 Å². The number of aryl methyl sites for hydroxylation is 2. The third kappa shape index (κ3) is 3.81. The molecule has 4 aromatic rings. The van der Waals surface area contributed by atoms with Crippen LogP contribution in [0.1, 0.15) is 41.3 Å². The SMILES string of the molecule is CCCCn1c(=NC(=O)c2ccc(Cl)cc2)c(C#N)cc2c(=O)n3cccc(C)c3nc21. The first kappa shape index (κ1) is 21.5. The van der Waals surface area contributed by atoms with Gasteiger partial charge >= 0.3 is 0 Å². The van der Waals surface area contributed by atoms with Crippen LogP contribution in [0.3, 0.4) is 0 Å². The molecule has 0 spiro atoms. The van der Waals surface area contributed by atoms with E-state index in [1.165, 1.54) is 10.5 Å². The molecule has 7 nitrogen and oxygen atoms in total. The molecule has 0 saturated carbocycles. The van der Waals surface area contributed by atoms with Gasteiger partial charge in [-0.05, 0) is 55.3 Å². The Balaban J connectivity index is 2.09. The second kappa shape index (κ2) is 8.77. The van der Waals surface area contributed by atoms with E-state index in [1.807, 2.05) is 19.9 Å². The zero-order valence-electron chi connectivity index (χ0n) is 17.7. The fraction of sp³-hybridized carbons (Fsp3) is 0.208. The number of halogens is 1. The maximum Gasteiger partial charge on any atom is 0.278 e. The summed E-state index contributed by atoms with van der Waals surface area (Å²) in [6.45, 7) is 4.38. The van der Waals surface area contributed by atoms with Crippen molar-refractivity contribution < 1.29 is 4.79 Å². The van der Waals surface area contributed by atoms with Gasteiger partial charge in [-0.25, -0.2) is 4.98 Å². The largest absolute Gasteiger partial charge is 0.309 e. The lowest BCUT2D eigenvalue weighted by molar-refractivity contribution is 0.0997. The molecule has 0 saturated heterocycles. The van der Waals surface area contributed by atoms with Gasteiger partial charge in [0, 0.05) is 23.3 Å². The van der Waals surface area contributed by atoms with Crippen LogP contribution in [0, 0.1) is 18.3 Å². The quantitative estimate of drug-likeness (QED) is 0.443. The number of amides is 1. The number of hydrogen-bond acceptors (Lipinski definition) is 4. The van der Waals surface area contributed by atoms with Crippen LogP contribution in [0.15, 0.2) is 58.4 Å². The Bertz CT molecular complexity index is 1530. The topological polar surface area (TPSA) is 92.5 Å². The highest BCUT2D eigenvalue weighted by Gasteiger charge is 2.16. The van der Waals surface area contributed by atoms with Gasteiger partial charge in [0.2, 0.25) is 0 Å². The Labute approximate surface area is 188 Å². The zero-order valence-corrected chi connectivity index (χ0v) is 18.4. The highest BCUT2D eigenvalue weighted by atomic mass is 35.5. The molecule has 1 aromatic carbocycles. The van der Waals surface area contributed by atoms with Crippen molar-refractivity contribution >= 4 is 34.2 Å². The number of hydrogen-bond donors (Lipinski definition) is 0. The number of pyridine rings is 2. The summed E-state index contributed by atoms with van der Waals surface area (Å²) in [6.07, 6.45) is 3.30. The predicted octanol–water partition coefficient (Wildman–Crippen LogP) is 4.02. The lowest BCUT2D eigenvalue weighted by Crippen LogP contribution is -2.29. The third-order valence-electron chi connectivity index (χ3n) is 5.26.